The van der Waals surface area contributed by atoms with E-state index < -0.39 is 10.0 Å². The van der Waals surface area contributed by atoms with Gasteiger partial charge in [-0.05, 0) is 49.2 Å². The fourth-order valence-corrected chi connectivity index (χ4v) is 4.99. The van der Waals surface area contributed by atoms with Gasteiger partial charge in [0.25, 0.3) is 0 Å². The number of piperidine rings is 1. The first-order valence-corrected chi connectivity index (χ1v) is 11.4. The van der Waals surface area contributed by atoms with Crippen molar-refractivity contribution in [3.8, 4) is 11.5 Å². The van der Waals surface area contributed by atoms with E-state index in [1.54, 1.807) is 49.6 Å². The topological polar surface area (TPSA) is 84.9 Å². The van der Waals surface area contributed by atoms with Crippen molar-refractivity contribution in [1.29, 1.82) is 0 Å². The summed E-state index contributed by atoms with van der Waals surface area (Å²) < 4.78 is 38.3. The van der Waals surface area contributed by atoms with E-state index in [1.165, 1.54) is 11.4 Å². The van der Waals surface area contributed by atoms with Crippen LogP contribution in [0.5, 0.6) is 11.5 Å². The van der Waals surface area contributed by atoms with Crippen LogP contribution >= 0.6 is 15.9 Å². The van der Waals surface area contributed by atoms with Gasteiger partial charge in [-0.3, -0.25) is 4.79 Å². The number of carbonyl (C=O) groups is 1. The molecule has 9 heteroatoms. The van der Waals surface area contributed by atoms with E-state index >= 15 is 0 Å². The van der Waals surface area contributed by atoms with E-state index in [2.05, 4.69) is 21.2 Å². The summed E-state index contributed by atoms with van der Waals surface area (Å²) in [5, 5.41) is 2.88. The molecule has 7 nitrogen and oxygen atoms in total. The molecule has 1 N–H and O–H groups in total. The first-order valence-electron chi connectivity index (χ1n) is 9.13. The average Bonchev–Trinajstić information content (AvgIpc) is 2.74. The normalized spacial score (nSPS) is 15.7. The van der Waals surface area contributed by atoms with E-state index in [4.69, 9.17) is 9.47 Å². The third-order valence-electron chi connectivity index (χ3n) is 4.94. The van der Waals surface area contributed by atoms with Gasteiger partial charge in [0.2, 0.25) is 15.9 Å². The summed E-state index contributed by atoms with van der Waals surface area (Å²) >= 11 is 3.31. The van der Waals surface area contributed by atoms with Crippen LogP contribution in [0.2, 0.25) is 0 Å². The number of anilines is 1. The Balaban J connectivity index is 1.65. The fourth-order valence-electron chi connectivity index (χ4n) is 3.26. The molecule has 0 atom stereocenters. The van der Waals surface area contributed by atoms with Gasteiger partial charge >= 0.3 is 0 Å². The molecule has 1 fully saturated rings. The molecule has 3 rings (SSSR count). The minimum atomic E-state index is -3.56. The summed E-state index contributed by atoms with van der Waals surface area (Å²) in [7, 11) is -0.481. The molecule has 1 aliphatic heterocycles. The molecule has 0 radical (unpaired) electrons. The third kappa shape index (κ3) is 4.91. The highest BCUT2D eigenvalue weighted by molar-refractivity contribution is 9.10. The molecule has 0 bridgehead atoms. The van der Waals surface area contributed by atoms with Crippen molar-refractivity contribution in [3.05, 3.63) is 46.9 Å². The average molecular weight is 483 g/mol. The largest absolute Gasteiger partial charge is 0.497 e. The molecule has 1 amide bonds. The van der Waals surface area contributed by atoms with Crippen LogP contribution in [-0.2, 0) is 14.8 Å². The number of nitrogens with one attached hydrogen (secondary N) is 1. The predicted molar refractivity (Wildman–Crippen MR) is 114 cm³/mol. The van der Waals surface area contributed by atoms with E-state index in [0.717, 1.165) is 4.47 Å². The molecule has 0 unspecified atom stereocenters. The van der Waals surface area contributed by atoms with E-state index in [-0.39, 0.29) is 16.7 Å². The molecule has 0 aromatic heterocycles. The molecule has 0 spiro atoms. The molecule has 156 valence electrons. The SMILES string of the molecule is COc1ccc(OC)c(NC(=O)C2CCN(S(=O)(=O)c3ccc(Br)cc3)CC2)c1. The Hall–Kier alpha value is -2.10. The summed E-state index contributed by atoms with van der Waals surface area (Å²) in [5.74, 6) is 0.713. The minimum Gasteiger partial charge on any atom is -0.497 e. The van der Waals surface area contributed by atoms with Crippen LogP contribution in [0, 0.1) is 5.92 Å². The highest BCUT2D eigenvalue weighted by Gasteiger charge is 2.32. The fraction of sp³-hybridized carbons (Fsp3) is 0.350. The first-order chi connectivity index (χ1) is 13.8. The number of rotatable bonds is 6. The maximum Gasteiger partial charge on any atom is 0.243 e. The highest BCUT2D eigenvalue weighted by Crippen LogP contribution is 2.31. The van der Waals surface area contributed by atoms with E-state index in [0.29, 0.717) is 43.1 Å². The lowest BCUT2D eigenvalue weighted by molar-refractivity contribution is -0.120. The Morgan fingerprint density at radius 1 is 1.07 bits per heavy atom. The Bertz CT molecular complexity index is 971. The lowest BCUT2D eigenvalue weighted by Gasteiger charge is -2.30. The number of halogens is 1. The Labute approximate surface area is 179 Å². The van der Waals surface area contributed by atoms with E-state index in [9.17, 15) is 13.2 Å². The van der Waals surface area contributed by atoms with Gasteiger partial charge in [0.05, 0.1) is 24.8 Å². The van der Waals surface area contributed by atoms with Crippen molar-refractivity contribution < 1.29 is 22.7 Å². The van der Waals surface area contributed by atoms with Gasteiger partial charge in [-0.2, -0.15) is 4.31 Å². The molecule has 2 aromatic carbocycles. The van der Waals surface area contributed by atoms with Crippen molar-refractivity contribution in [3.63, 3.8) is 0 Å². The number of benzene rings is 2. The second-order valence-electron chi connectivity index (χ2n) is 6.69. The Morgan fingerprint density at radius 2 is 1.72 bits per heavy atom. The number of hydrogen-bond donors (Lipinski definition) is 1. The van der Waals surface area contributed by atoms with Crippen molar-refractivity contribution in [2.45, 2.75) is 17.7 Å². The van der Waals surface area contributed by atoms with Crippen LogP contribution in [0.25, 0.3) is 0 Å². The Morgan fingerprint density at radius 3 is 2.31 bits per heavy atom. The van der Waals surface area contributed by atoms with Gasteiger partial charge in [0.15, 0.2) is 0 Å². The second-order valence-corrected chi connectivity index (χ2v) is 9.54. The zero-order chi connectivity index (χ0) is 21.0. The Kier molecular flexibility index (Phi) is 6.81. The summed E-state index contributed by atoms with van der Waals surface area (Å²) in [4.78, 5) is 13.0. The maximum atomic E-state index is 12.8. The number of methoxy groups -OCH3 is 2. The minimum absolute atomic E-state index is 0.155. The maximum absolute atomic E-state index is 12.8. The molecule has 0 saturated carbocycles. The lowest BCUT2D eigenvalue weighted by atomic mass is 9.97. The smallest absolute Gasteiger partial charge is 0.243 e. The molecule has 2 aromatic rings. The van der Waals surface area contributed by atoms with Gasteiger partial charge in [-0.1, -0.05) is 15.9 Å². The standard InChI is InChI=1S/C20H23BrN2O5S/c1-27-16-5-8-19(28-2)18(13-16)22-20(24)14-9-11-23(12-10-14)29(25,26)17-6-3-15(21)4-7-17/h3-8,13-14H,9-12H2,1-2H3,(H,22,24). The molecule has 1 heterocycles. The lowest BCUT2D eigenvalue weighted by Crippen LogP contribution is -2.41. The van der Waals surface area contributed by atoms with Crippen LogP contribution in [-0.4, -0.2) is 45.9 Å². The number of hydrogen-bond acceptors (Lipinski definition) is 5. The molecule has 29 heavy (non-hydrogen) atoms. The summed E-state index contributed by atoms with van der Waals surface area (Å²) in [6.45, 7) is 0.595. The summed E-state index contributed by atoms with van der Waals surface area (Å²) in [6, 6.07) is 11.7. The van der Waals surface area contributed by atoms with Gasteiger partial charge in [-0.15, -0.1) is 0 Å². The summed E-state index contributed by atoms with van der Waals surface area (Å²) in [6.07, 6.45) is 0.905. The zero-order valence-electron chi connectivity index (χ0n) is 16.2. The number of ether oxygens (including phenoxy) is 2. The number of amides is 1. The second kappa shape index (κ2) is 9.15. The van der Waals surface area contributed by atoms with Crippen LogP contribution in [0.15, 0.2) is 51.8 Å². The van der Waals surface area contributed by atoms with Gasteiger partial charge in [0, 0.05) is 29.5 Å². The summed E-state index contributed by atoms with van der Waals surface area (Å²) in [5.41, 5.74) is 0.529. The number of sulfonamides is 1. The van der Waals surface area contributed by atoms with Crippen molar-refractivity contribution >= 4 is 37.5 Å². The van der Waals surface area contributed by atoms with Crippen LogP contribution in [0.1, 0.15) is 12.8 Å². The number of nitrogens with zero attached hydrogens (tertiary/aromatic N) is 1. The molecule has 1 saturated heterocycles. The monoisotopic (exact) mass is 482 g/mol. The van der Waals surface area contributed by atoms with Gasteiger partial charge in [0.1, 0.15) is 11.5 Å². The third-order valence-corrected chi connectivity index (χ3v) is 7.38. The van der Waals surface area contributed by atoms with Gasteiger partial charge < -0.3 is 14.8 Å². The van der Waals surface area contributed by atoms with E-state index in [1.807, 2.05) is 0 Å². The number of carbonyl (C=O) groups excluding carboxylic acids is 1. The predicted octanol–water partition coefficient (Wildman–Crippen LogP) is 3.51. The van der Waals surface area contributed by atoms with Crippen molar-refractivity contribution in [2.75, 3.05) is 32.6 Å². The molecule has 1 aliphatic rings. The van der Waals surface area contributed by atoms with Crippen LogP contribution in [0.3, 0.4) is 0 Å². The molecular weight excluding hydrogens is 460 g/mol. The van der Waals surface area contributed by atoms with Crippen molar-refractivity contribution in [1.82, 2.24) is 4.31 Å². The van der Waals surface area contributed by atoms with Crippen LogP contribution in [0.4, 0.5) is 5.69 Å². The molecule has 0 aliphatic carbocycles. The van der Waals surface area contributed by atoms with Crippen LogP contribution < -0.4 is 14.8 Å². The quantitative estimate of drug-likeness (QED) is 0.680. The first kappa shape index (κ1) is 21.6. The van der Waals surface area contributed by atoms with Crippen molar-refractivity contribution in [2.24, 2.45) is 5.92 Å². The highest BCUT2D eigenvalue weighted by atomic mass is 79.9. The zero-order valence-corrected chi connectivity index (χ0v) is 18.6. The molecular formula is C20H23BrN2O5S. The van der Waals surface area contributed by atoms with Gasteiger partial charge in [-0.25, -0.2) is 8.42 Å².